The van der Waals surface area contributed by atoms with Gasteiger partial charge in [-0.3, -0.25) is 4.99 Å². The number of likely N-dealkylation sites (tertiary alicyclic amines) is 1. The number of hydrogen-bond acceptors (Lipinski definition) is 1. The molecule has 1 saturated heterocycles. The molecule has 2 N–H and O–H groups in total. The summed E-state index contributed by atoms with van der Waals surface area (Å²) in [5.74, 6) is 0.525. The number of alkyl halides is 1. The van der Waals surface area contributed by atoms with E-state index in [0.717, 1.165) is 0 Å². The minimum atomic E-state index is -0.643. The molecular weight excluding hydrogens is 145 g/mol. The highest BCUT2D eigenvalue weighted by atomic mass is 19.1. The predicted molar refractivity (Wildman–Crippen MR) is 43.2 cm³/mol. The summed E-state index contributed by atoms with van der Waals surface area (Å²) in [7, 11) is 1.65. The first-order chi connectivity index (χ1) is 5.24. The standard InChI is InChI=1S/C7H14FN3/c1-10-7(9)11-4-2-6(8)3-5-11/h6H,2-5H2,1H3,(H2,9,10). The minimum Gasteiger partial charge on any atom is -0.370 e. The molecular formula is C7H14FN3. The molecule has 0 radical (unpaired) electrons. The largest absolute Gasteiger partial charge is 0.370 e. The number of aliphatic imine (C=N–C) groups is 1. The molecule has 0 saturated carbocycles. The molecule has 1 heterocycles. The molecule has 0 aromatic rings. The number of rotatable bonds is 0. The van der Waals surface area contributed by atoms with Crippen LogP contribution >= 0.6 is 0 Å². The Hall–Kier alpha value is -0.800. The van der Waals surface area contributed by atoms with Gasteiger partial charge < -0.3 is 10.6 Å². The van der Waals surface area contributed by atoms with Gasteiger partial charge in [0.2, 0.25) is 0 Å². The highest BCUT2D eigenvalue weighted by Gasteiger charge is 2.18. The van der Waals surface area contributed by atoms with Gasteiger partial charge in [-0.05, 0) is 12.8 Å². The van der Waals surface area contributed by atoms with E-state index < -0.39 is 6.17 Å². The van der Waals surface area contributed by atoms with Crippen molar-refractivity contribution in [1.82, 2.24) is 4.90 Å². The third-order valence-corrected chi connectivity index (χ3v) is 1.98. The molecule has 0 bridgehead atoms. The lowest BCUT2D eigenvalue weighted by molar-refractivity contribution is 0.203. The van der Waals surface area contributed by atoms with E-state index in [-0.39, 0.29) is 0 Å². The van der Waals surface area contributed by atoms with Gasteiger partial charge in [0, 0.05) is 20.1 Å². The van der Waals surface area contributed by atoms with E-state index in [4.69, 9.17) is 5.73 Å². The summed E-state index contributed by atoms with van der Waals surface area (Å²) < 4.78 is 12.6. The molecule has 0 aromatic carbocycles. The van der Waals surface area contributed by atoms with Crippen molar-refractivity contribution in [1.29, 1.82) is 0 Å². The van der Waals surface area contributed by atoms with Crippen LogP contribution in [0.4, 0.5) is 4.39 Å². The summed E-state index contributed by atoms with van der Waals surface area (Å²) in [6, 6.07) is 0. The van der Waals surface area contributed by atoms with E-state index in [9.17, 15) is 4.39 Å². The lowest BCUT2D eigenvalue weighted by Crippen LogP contribution is -2.43. The highest BCUT2D eigenvalue weighted by Crippen LogP contribution is 2.12. The summed E-state index contributed by atoms with van der Waals surface area (Å²) in [6.07, 6.45) is 0.516. The van der Waals surface area contributed by atoms with Gasteiger partial charge >= 0.3 is 0 Å². The molecule has 0 amide bonds. The molecule has 1 fully saturated rings. The Morgan fingerprint density at radius 2 is 2.09 bits per heavy atom. The Bertz CT molecular complexity index is 150. The highest BCUT2D eigenvalue weighted by molar-refractivity contribution is 5.77. The van der Waals surface area contributed by atoms with Crippen molar-refractivity contribution >= 4 is 5.96 Å². The first-order valence-electron chi connectivity index (χ1n) is 3.85. The molecule has 3 nitrogen and oxygen atoms in total. The number of piperidine rings is 1. The average Bonchev–Trinajstić information content (AvgIpc) is 2.05. The van der Waals surface area contributed by atoms with E-state index >= 15 is 0 Å². The van der Waals surface area contributed by atoms with Crippen molar-refractivity contribution in [3.8, 4) is 0 Å². The van der Waals surface area contributed by atoms with Crippen LogP contribution in [0.5, 0.6) is 0 Å². The van der Waals surface area contributed by atoms with Gasteiger partial charge in [0.05, 0.1) is 0 Å². The summed E-state index contributed by atoms with van der Waals surface area (Å²) >= 11 is 0. The number of nitrogens with zero attached hydrogens (tertiary/aromatic N) is 2. The predicted octanol–water partition coefficient (Wildman–Crippen LogP) is 0.365. The fraction of sp³-hybridized carbons (Fsp3) is 0.857. The number of halogens is 1. The van der Waals surface area contributed by atoms with E-state index in [2.05, 4.69) is 4.99 Å². The minimum absolute atomic E-state index is 0.525. The van der Waals surface area contributed by atoms with Gasteiger partial charge in [0.1, 0.15) is 6.17 Å². The van der Waals surface area contributed by atoms with Crippen molar-refractivity contribution < 1.29 is 4.39 Å². The zero-order valence-electron chi connectivity index (χ0n) is 6.76. The van der Waals surface area contributed by atoms with Crippen LogP contribution in [-0.2, 0) is 0 Å². The Morgan fingerprint density at radius 1 is 1.55 bits per heavy atom. The summed E-state index contributed by atoms with van der Waals surface area (Å²) in [5.41, 5.74) is 5.55. The smallest absolute Gasteiger partial charge is 0.190 e. The second-order valence-electron chi connectivity index (χ2n) is 2.74. The number of hydrogen-bond donors (Lipinski definition) is 1. The summed E-state index contributed by atoms with van der Waals surface area (Å²) in [4.78, 5) is 5.75. The van der Waals surface area contributed by atoms with Gasteiger partial charge in [-0.15, -0.1) is 0 Å². The van der Waals surface area contributed by atoms with Crippen LogP contribution in [0, 0.1) is 0 Å². The molecule has 0 unspecified atom stereocenters. The molecule has 0 spiro atoms. The van der Waals surface area contributed by atoms with E-state index in [1.165, 1.54) is 0 Å². The maximum absolute atomic E-state index is 12.6. The van der Waals surface area contributed by atoms with Crippen LogP contribution < -0.4 is 5.73 Å². The topological polar surface area (TPSA) is 41.6 Å². The van der Waals surface area contributed by atoms with Gasteiger partial charge in [0.25, 0.3) is 0 Å². The van der Waals surface area contributed by atoms with E-state index in [0.29, 0.717) is 31.9 Å². The first-order valence-corrected chi connectivity index (χ1v) is 3.85. The second kappa shape index (κ2) is 3.55. The third kappa shape index (κ3) is 2.06. The normalized spacial score (nSPS) is 22.4. The molecule has 1 aliphatic rings. The quantitative estimate of drug-likeness (QED) is 0.409. The zero-order chi connectivity index (χ0) is 8.27. The molecule has 4 heteroatoms. The molecule has 1 aliphatic heterocycles. The first kappa shape index (κ1) is 8.30. The number of guanidine groups is 1. The molecule has 1 rings (SSSR count). The van der Waals surface area contributed by atoms with Crippen LogP contribution in [0.1, 0.15) is 12.8 Å². The van der Waals surface area contributed by atoms with Crippen LogP contribution in [0.15, 0.2) is 4.99 Å². The molecule has 0 atom stereocenters. The van der Waals surface area contributed by atoms with Crippen molar-refractivity contribution in [2.45, 2.75) is 19.0 Å². The number of nitrogens with two attached hydrogens (primary N) is 1. The Kier molecular flexibility index (Phi) is 2.68. The fourth-order valence-corrected chi connectivity index (χ4v) is 1.22. The zero-order valence-corrected chi connectivity index (χ0v) is 6.76. The molecule has 64 valence electrons. The van der Waals surface area contributed by atoms with Crippen molar-refractivity contribution in [2.75, 3.05) is 20.1 Å². The maximum atomic E-state index is 12.6. The van der Waals surface area contributed by atoms with Gasteiger partial charge in [0.15, 0.2) is 5.96 Å². The third-order valence-electron chi connectivity index (χ3n) is 1.98. The summed E-state index contributed by atoms with van der Waals surface area (Å²) in [5, 5.41) is 0. The Labute approximate surface area is 66.1 Å². The van der Waals surface area contributed by atoms with Crippen molar-refractivity contribution in [2.24, 2.45) is 10.7 Å². The van der Waals surface area contributed by atoms with Crippen LogP contribution in [-0.4, -0.2) is 37.2 Å². The van der Waals surface area contributed by atoms with E-state index in [1.54, 1.807) is 7.05 Å². The van der Waals surface area contributed by atoms with Crippen LogP contribution in [0.25, 0.3) is 0 Å². The summed E-state index contributed by atoms with van der Waals surface area (Å²) in [6.45, 7) is 1.40. The molecule has 0 aliphatic carbocycles. The lowest BCUT2D eigenvalue weighted by Gasteiger charge is -2.29. The van der Waals surface area contributed by atoms with Crippen LogP contribution in [0.3, 0.4) is 0 Å². The monoisotopic (exact) mass is 159 g/mol. The van der Waals surface area contributed by atoms with Gasteiger partial charge in [-0.25, -0.2) is 4.39 Å². The Balaban J connectivity index is 2.39. The maximum Gasteiger partial charge on any atom is 0.190 e. The Morgan fingerprint density at radius 3 is 2.55 bits per heavy atom. The van der Waals surface area contributed by atoms with Crippen molar-refractivity contribution in [3.63, 3.8) is 0 Å². The SMILES string of the molecule is CN=C(N)N1CCC(F)CC1. The van der Waals surface area contributed by atoms with Gasteiger partial charge in [-0.1, -0.05) is 0 Å². The second-order valence-corrected chi connectivity index (χ2v) is 2.74. The van der Waals surface area contributed by atoms with E-state index in [1.807, 2.05) is 4.90 Å². The average molecular weight is 159 g/mol. The lowest BCUT2D eigenvalue weighted by atomic mass is 10.1. The van der Waals surface area contributed by atoms with Crippen molar-refractivity contribution in [3.05, 3.63) is 0 Å². The van der Waals surface area contributed by atoms with Crippen LogP contribution in [0.2, 0.25) is 0 Å². The molecule has 11 heavy (non-hydrogen) atoms. The fourth-order valence-electron chi connectivity index (χ4n) is 1.22. The van der Waals surface area contributed by atoms with Gasteiger partial charge in [-0.2, -0.15) is 0 Å². The molecule has 0 aromatic heterocycles.